The summed E-state index contributed by atoms with van der Waals surface area (Å²) in [6, 6.07) is 0.543. The molecule has 3 amide bonds. The number of anilines is 1. The molecule has 21 heavy (non-hydrogen) atoms. The fourth-order valence-corrected chi connectivity index (χ4v) is 2.31. The molecule has 0 saturated carbocycles. The molecule has 2 heterocycles. The maximum Gasteiger partial charge on any atom is 0.329 e. The number of aromatic nitrogens is 1. The lowest BCUT2D eigenvalue weighted by atomic mass is 10.2. The number of carbonyl (C=O) groups is 2. The highest BCUT2D eigenvalue weighted by molar-refractivity contribution is 7.85. The third-order valence-electron chi connectivity index (χ3n) is 2.88. The van der Waals surface area contributed by atoms with Crippen LogP contribution in [0, 0.1) is 5.82 Å². The minimum atomic E-state index is -4.22. The Kier molecular flexibility index (Phi) is 4.19. The van der Waals surface area contributed by atoms with E-state index in [-0.39, 0.29) is 30.8 Å². The minimum absolute atomic E-state index is 0.00215. The van der Waals surface area contributed by atoms with Crippen molar-refractivity contribution < 1.29 is 27.0 Å². The van der Waals surface area contributed by atoms with Gasteiger partial charge in [0.05, 0.1) is 11.9 Å². The summed E-state index contributed by atoms with van der Waals surface area (Å²) >= 11 is 0. The SMILES string of the molecule is O=C1CCN(c2cc(CCS(=O)(=O)O)c(F)cn2)C(=O)N1. The van der Waals surface area contributed by atoms with Crippen LogP contribution in [-0.2, 0) is 21.3 Å². The van der Waals surface area contributed by atoms with Crippen LogP contribution in [-0.4, -0.2) is 42.2 Å². The highest BCUT2D eigenvalue weighted by atomic mass is 32.2. The molecular formula is C11H12FN3O5S. The van der Waals surface area contributed by atoms with Crippen molar-refractivity contribution in [1.82, 2.24) is 10.3 Å². The van der Waals surface area contributed by atoms with E-state index >= 15 is 0 Å². The van der Waals surface area contributed by atoms with Crippen LogP contribution in [0.2, 0.25) is 0 Å². The maximum absolute atomic E-state index is 13.6. The van der Waals surface area contributed by atoms with Gasteiger partial charge >= 0.3 is 6.03 Å². The lowest BCUT2D eigenvalue weighted by Gasteiger charge is -2.25. The van der Waals surface area contributed by atoms with Crippen molar-refractivity contribution in [2.45, 2.75) is 12.8 Å². The second kappa shape index (κ2) is 5.74. The quantitative estimate of drug-likeness (QED) is 0.761. The molecule has 0 radical (unpaired) electrons. The summed E-state index contributed by atoms with van der Waals surface area (Å²) in [7, 11) is -4.22. The van der Waals surface area contributed by atoms with E-state index in [0.717, 1.165) is 11.1 Å². The molecule has 1 fully saturated rings. The van der Waals surface area contributed by atoms with Crippen LogP contribution in [0.4, 0.5) is 15.0 Å². The summed E-state index contributed by atoms with van der Waals surface area (Å²) in [6.07, 6.45) is 0.693. The zero-order chi connectivity index (χ0) is 15.6. The van der Waals surface area contributed by atoms with E-state index < -0.39 is 33.6 Å². The summed E-state index contributed by atoms with van der Waals surface area (Å²) in [5, 5.41) is 2.10. The Morgan fingerprint density at radius 2 is 2.14 bits per heavy atom. The maximum atomic E-state index is 13.6. The Morgan fingerprint density at radius 3 is 2.76 bits per heavy atom. The van der Waals surface area contributed by atoms with Crippen LogP contribution in [0.3, 0.4) is 0 Å². The Bertz CT molecular complexity index is 691. The smallest absolute Gasteiger partial charge is 0.286 e. The molecule has 0 spiro atoms. The summed E-state index contributed by atoms with van der Waals surface area (Å²) in [6.45, 7) is 0.0983. The van der Waals surface area contributed by atoms with Crippen molar-refractivity contribution >= 4 is 27.9 Å². The third-order valence-corrected chi connectivity index (χ3v) is 3.60. The third kappa shape index (κ3) is 3.95. The molecule has 2 rings (SSSR count). The molecule has 0 aromatic carbocycles. The lowest BCUT2D eigenvalue weighted by molar-refractivity contribution is -0.120. The molecule has 0 aliphatic carbocycles. The molecule has 1 saturated heterocycles. The molecule has 1 aliphatic heterocycles. The number of hydrogen-bond donors (Lipinski definition) is 2. The highest BCUT2D eigenvalue weighted by Crippen LogP contribution is 2.18. The van der Waals surface area contributed by atoms with Crippen LogP contribution in [0.1, 0.15) is 12.0 Å². The number of halogens is 1. The van der Waals surface area contributed by atoms with E-state index in [1.165, 1.54) is 6.07 Å². The molecule has 114 valence electrons. The first-order chi connectivity index (χ1) is 9.76. The van der Waals surface area contributed by atoms with Gasteiger partial charge in [0.25, 0.3) is 10.1 Å². The summed E-state index contributed by atoms with van der Waals surface area (Å²) in [4.78, 5) is 27.6. The first-order valence-corrected chi connectivity index (χ1v) is 7.58. The van der Waals surface area contributed by atoms with E-state index in [1.807, 2.05) is 0 Å². The summed E-state index contributed by atoms with van der Waals surface area (Å²) < 4.78 is 43.6. The van der Waals surface area contributed by atoms with Crippen LogP contribution in [0.25, 0.3) is 0 Å². The van der Waals surface area contributed by atoms with Gasteiger partial charge in [0.1, 0.15) is 11.6 Å². The summed E-state index contributed by atoms with van der Waals surface area (Å²) in [5.41, 5.74) is 0.00215. The first kappa shape index (κ1) is 15.3. The Hall–Kier alpha value is -2.07. The van der Waals surface area contributed by atoms with Gasteiger partial charge in [-0.2, -0.15) is 8.42 Å². The molecule has 1 aromatic heterocycles. The van der Waals surface area contributed by atoms with Crippen molar-refractivity contribution in [3.05, 3.63) is 23.6 Å². The minimum Gasteiger partial charge on any atom is -0.286 e. The second-order valence-electron chi connectivity index (χ2n) is 4.42. The predicted octanol–water partition coefficient (Wildman–Crippen LogP) is 0.0973. The molecule has 0 atom stereocenters. The molecule has 0 bridgehead atoms. The fourth-order valence-electron chi connectivity index (χ4n) is 1.83. The molecule has 2 N–H and O–H groups in total. The predicted molar refractivity (Wildman–Crippen MR) is 69.8 cm³/mol. The lowest BCUT2D eigenvalue weighted by Crippen LogP contribution is -2.49. The zero-order valence-corrected chi connectivity index (χ0v) is 11.6. The number of nitrogens with one attached hydrogen (secondary N) is 1. The van der Waals surface area contributed by atoms with Gasteiger partial charge in [0, 0.05) is 13.0 Å². The number of aryl methyl sites for hydroxylation is 1. The number of amides is 3. The number of hydrogen-bond acceptors (Lipinski definition) is 5. The van der Waals surface area contributed by atoms with Gasteiger partial charge in [-0.3, -0.25) is 19.6 Å². The molecule has 8 nitrogen and oxygen atoms in total. The van der Waals surface area contributed by atoms with Crippen LogP contribution in [0.15, 0.2) is 12.3 Å². The molecule has 10 heteroatoms. The van der Waals surface area contributed by atoms with Crippen molar-refractivity contribution in [2.75, 3.05) is 17.2 Å². The van der Waals surface area contributed by atoms with Gasteiger partial charge in [0.15, 0.2) is 0 Å². The van der Waals surface area contributed by atoms with Crippen molar-refractivity contribution in [1.29, 1.82) is 0 Å². The first-order valence-electron chi connectivity index (χ1n) is 5.97. The number of rotatable bonds is 4. The fraction of sp³-hybridized carbons (Fsp3) is 0.364. The van der Waals surface area contributed by atoms with E-state index in [2.05, 4.69) is 10.3 Å². The van der Waals surface area contributed by atoms with Crippen LogP contribution < -0.4 is 10.2 Å². The van der Waals surface area contributed by atoms with Crippen LogP contribution >= 0.6 is 0 Å². The Labute approximate surface area is 119 Å². The monoisotopic (exact) mass is 317 g/mol. The average molecular weight is 317 g/mol. The van der Waals surface area contributed by atoms with Crippen LogP contribution in [0.5, 0.6) is 0 Å². The second-order valence-corrected chi connectivity index (χ2v) is 6.00. The molecule has 1 aliphatic rings. The molecule has 1 aromatic rings. The highest BCUT2D eigenvalue weighted by Gasteiger charge is 2.25. The van der Waals surface area contributed by atoms with E-state index in [9.17, 15) is 22.4 Å². The number of carbonyl (C=O) groups excluding carboxylic acids is 2. The Morgan fingerprint density at radius 1 is 1.43 bits per heavy atom. The number of imide groups is 1. The van der Waals surface area contributed by atoms with Crippen molar-refractivity contribution in [3.8, 4) is 0 Å². The largest absolute Gasteiger partial charge is 0.329 e. The van der Waals surface area contributed by atoms with Gasteiger partial charge in [-0.15, -0.1) is 0 Å². The van der Waals surface area contributed by atoms with Crippen molar-refractivity contribution in [3.63, 3.8) is 0 Å². The zero-order valence-electron chi connectivity index (χ0n) is 10.7. The summed E-state index contributed by atoms with van der Waals surface area (Å²) in [5.74, 6) is -1.69. The topological polar surface area (TPSA) is 117 Å². The number of urea groups is 1. The molecular weight excluding hydrogens is 305 g/mol. The number of nitrogens with zero attached hydrogens (tertiary/aromatic N) is 2. The van der Waals surface area contributed by atoms with Gasteiger partial charge in [-0.1, -0.05) is 0 Å². The van der Waals surface area contributed by atoms with Gasteiger partial charge in [0.2, 0.25) is 5.91 Å². The van der Waals surface area contributed by atoms with E-state index in [4.69, 9.17) is 4.55 Å². The van der Waals surface area contributed by atoms with Gasteiger partial charge in [-0.25, -0.2) is 14.2 Å². The van der Waals surface area contributed by atoms with E-state index in [0.29, 0.717) is 0 Å². The van der Waals surface area contributed by atoms with Gasteiger partial charge < -0.3 is 0 Å². The number of pyridine rings is 1. The van der Waals surface area contributed by atoms with Crippen molar-refractivity contribution in [2.24, 2.45) is 0 Å². The normalized spacial score (nSPS) is 16.0. The standard InChI is InChI=1S/C11H12FN3O5S/c12-8-6-13-9(5-7(8)2-4-21(18,19)20)15-3-1-10(16)14-11(15)17/h5-6H,1-4H2,(H,14,16,17)(H,18,19,20). The molecule has 0 unspecified atom stereocenters. The van der Waals surface area contributed by atoms with Gasteiger partial charge in [-0.05, 0) is 18.1 Å². The van der Waals surface area contributed by atoms with E-state index in [1.54, 1.807) is 0 Å². The average Bonchev–Trinajstić information content (AvgIpc) is 2.37. The Balaban J connectivity index is 2.22.